The van der Waals surface area contributed by atoms with E-state index >= 15 is 0 Å². The van der Waals surface area contributed by atoms with Gasteiger partial charge in [-0.15, -0.1) is 0 Å². The zero-order chi connectivity index (χ0) is 19.6. The Labute approximate surface area is 157 Å². The summed E-state index contributed by atoms with van der Waals surface area (Å²) in [7, 11) is 0. The molecule has 0 fully saturated rings. The predicted octanol–water partition coefficient (Wildman–Crippen LogP) is 2.45. The van der Waals surface area contributed by atoms with Crippen LogP contribution in [0.25, 0.3) is 10.9 Å². The van der Waals surface area contributed by atoms with E-state index in [4.69, 9.17) is 17.3 Å². The van der Waals surface area contributed by atoms with E-state index < -0.39 is 16.7 Å². The Morgan fingerprint density at radius 2 is 1.74 bits per heavy atom. The van der Waals surface area contributed by atoms with Gasteiger partial charge >= 0.3 is 0 Å². The van der Waals surface area contributed by atoms with Crippen LogP contribution in [0, 0.1) is 10.1 Å². The number of pyridine rings is 1. The van der Waals surface area contributed by atoms with Gasteiger partial charge in [0.15, 0.2) is 0 Å². The van der Waals surface area contributed by atoms with Crippen molar-refractivity contribution in [2.24, 2.45) is 0 Å². The lowest BCUT2D eigenvalue weighted by Crippen LogP contribution is -2.41. The fourth-order valence-corrected chi connectivity index (χ4v) is 2.53. The number of hydrazine groups is 1. The average Bonchev–Trinajstić information content (AvgIpc) is 2.66. The molecule has 0 aliphatic rings. The zero-order valence-corrected chi connectivity index (χ0v) is 14.4. The van der Waals surface area contributed by atoms with Gasteiger partial charge in [-0.05, 0) is 30.3 Å². The Kier molecular flexibility index (Phi) is 4.86. The van der Waals surface area contributed by atoms with Crippen molar-refractivity contribution in [2.75, 3.05) is 5.73 Å². The van der Waals surface area contributed by atoms with Crippen molar-refractivity contribution in [3.05, 3.63) is 74.9 Å². The van der Waals surface area contributed by atoms with E-state index in [1.807, 2.05) is 0 Å². The third-order valence-electron chi connectivity index (χ3n) is 3.75. The Morgan fingerprint density at radius 3 is 2.41 bits per heavy atom. The van der Waals surface area contributed by atoms with E-state index in [2.05, 4.69) is 15.8 Å². The van der Waals surface area contributed by atoms with Crippen LogP contribution in [-0.4, -0.2) is 21.7 Å². The van der Waals surface area contributed by atoms with Crippen LogP contribution in [0.3, 0.4) is 0 Å². The number of nitro groups is 1. The third-order valence-corrected chi connectivity index (χ3v) is 3.98. The quantitative estimate of drug-likeness (QED) is 0.467. The second kappa shape index (κ2) is 7.26. The van der Waals surface area contributed by atoms with Gasteiger partial charge in [0.25, 0.3) is 17.5 Å². The minimum atomic E-state index is -0.669. The highest BCUT2D eigenvalue weighted by Crippen LogP contribution is 2.25. The number of carbonyl (C=O) groups is 2. The molecule has 0 bridgehead atoms. The Balaban J connectivity index is 1.73. The molecular weight excluding hydrogens is 374 g/mol. The molecule has 10 heteroatoms. The van der Waals surface area contributed by atoms with E-state index in [9.17, 15) is 19.7 Å². The highest BCUT2D eigenvalue weighted by molar-refractivity contribution is 6.31. The maximum Gasteiger partial charge on any atom is 0.273 e. The molecule has 0 radical (unpaired) electrons. The molecule has 0 saturated carbocycles. The van der Waals surface area contributed by atoms with E-state index in [0.29, 0.717) is 15.9 Å². The molecule has 0 unspecified atom stereocenters. The normalized spacial score (nSPS) is 10.4. The van der Waals surface area contributed by atoms with Gasteiger partial charge in [-0.25, -0.2) is 0 Å². The number of nitrogen functional groups attached to an aromatic ring is 1. The topological polar surface area (TPSA) is 140 Å². The molecular formula is C17H12ClN5O4. The van der Waals surface area contributed by atoms with Crippen molar-refractivity contribution < 1.29 is 14.5 Å². The first-order valence-electron chi connectivity index (χ1n) is 7.55. The second-order valence-electron chi connectivity index (χ2n) is 5.46. The van der Waals surface area contributed by atoms with Gasteiger partial charge in [-0.1, -0.05) is 11.6 Å². The van der Waals surface area contributed by atoms with Gasteiger partial charge in [-0.2, -0.15) is 0 Å². The summed E-state index contributed by atoms with van der Waals surface area (Å²) in [5.74, 6) is -1.31. The lowest BCUT2D eigenvalue weighted by atomic mass is 10.1. The molecule has 1 aromatic heterocycles. The maximum atomic E-state index is 12.3. The first-order chi connectivity index (χ1) is 12.9. The lowest BCUT2D eigenvalue weighted by molar-refractivity contribution is -0.384. The van der Waals surface area contributed by atoms with E-state index in [-0.39, 0.29) is 22.5 Å². The molecule has 4 N–H and O–H groups in total. The average molecular weight is 386 g/mol. The Hall–Kier alpha value is -3.72. The second-order valence-corrected chi connectivity index (χ2v) is 5.90. The predicted molar refractivity (Wildman–Crippen MR) is 99.2 cm³/mol. The van der Waals surface area contributed by atoms with Crippen molar-refractivity contribution in [2.45, 2.75) is 0 Å². The minimum absolute atomic E-state index is 0.0637. The van der Waals surface area contributed by atoms with E-state index in [1.165, 1.54) is 30.5 Å². The number of nitro benzene ring substituents is 1. The number of nitrogens with zero attached hydrogens (tertiary/aromatic N) is 2. The fraction of sp³-hybridized carbons (Fsp3) is 0. The van der Waals surface area contributed by atoms with Crippen LogP contribution in [0.4, 0.5) is 11.4 Å². The molecule has 0 spiro atoms. The number of anilines is 1. The molecule has 0 aliphatic heterocycles. The van der Waals surface area contributed by atoms with Gasteiger partial charge in [0.1, 0.15) is 0 Å². The SMILES string of the molecule is Nc1c(C(=O)NNC(=O)c2ccc([N+](=O)[O-])cc2)cnc2ccc(Cl)cc12. The number of non-ortho nitro benzene ring substituents is 1. The Bertz CT molecular complexity index is 1070. The lowest BCUT2D eigenvalue weighted by Gasteiger charge is -2.10. The number of fused-ring (bicyclic) bond motifs is 1. The summed E-state index contributed by atoms with van der Waals surface area (Å²) in [6.45, 7) is 0. The van der Waals surface area contributed by atoms with Crippen LogP contribution in [0.15, 0.2) is 48.7 Å². The molecule has 0 saturated heterocycles. The molecule has 136 valence electrons. The highest BCUT2D eigenvalue weighted by atomic mass is 35.5. The Morgan fingerprint density at radius 1 is 1.07 bits per heavy atom. The summed E-state index contributed by atoms with van der Waals surface area (Å²) in [5.41, 5.74) is 11.3. The third kappa shape index (κ3) is 3.77. The smallest absolute Gasteiger partial charge is 0.273 e. The summed E-state index contributed by atoms with van der Waals surface area (Å²) in [4.78, 5) is 38.5. The number of hydrogen-bond acceptors (Lipinski definition) is 6. The number of carbonyl (C=O) groups excluding carboxylic acids is 2. The van der Waals surface area contributed by atoms with Crippen LogP contribution in [0.5, 0.6) is 0 Å². The standard InChI is InChI=1S/C17H12ClN5O4/c18-10-3-6-14-12(7-10)15(19)13(8-20-14)17(25)22-21-16(24)9-1-4-11(5-2-9)23(26)27/h1-8H,(H2,19,20)(H,21,24)(H,22,25). The molecule has 0 aliphatic carbocycles. The molecule has 27 heavy (non-hydrogen) atoms. The largest absolute Gasteiger partial charge is 0.397 e. The first kappa shape index (κ1) is 18.1. The monoisotopic (exact) mass is 385 g/mol. The van der Waals surface area contributed by atoms with Crippen molar-refractivity contribution in [1.82, 2.24) is 15.8 Å². The fourth-order valence-electron chi connectivity index (χ4n) is 2.35. The van der Waals surface area contributed by atoms with Gasteiger partial charge in [0, 0.05) is 34.3 Å². The minimum Gasteiger partial charge on any atom is -0.397 e. The number of benzene rings is 2. The molecule has 0 atom stereocenters. The molecule has 3 aromatic rings. The van der Waals surface area contributed by atoms with Gasteiger partial charge in [0.05, 0.1) is 21.7 Å². The molecule has 2 amide bonds. The highest BCUT2D eigenvalue weighted by Gasteiger charge is 2.15. The van der Waals surface area contributed by atoms with Gasteiger partial charge in [-0.3, -0.25) is 35.5 Å². The first-order valence-corrected chi connectivity index (χ1v) is 7.93. The van der Waals surface area contributed by atoms with Crippen LogP contribution < -0.4 is 16.6 Å². The van der Waals surface area contributed by atoms with Crippen LogP contribution in [0.2, 0.25) is 5.02 Å². The summed E-state index contributed by atoms with van der Waals surface area (Å²) in [5, 5.41) is 11.6. The molecule has 3 rings (SSSR count). The number of nitrogens with one attached hydrogen (secondary N) is 2. The van der Waals surface area contributed by atoms with E-state index in [0.717, 1.165) is 0 Å². The number of rotatable bonds is 3. The summed E-state index contributed by atoms with van der Waals surface area (Å²) in [6.07, 6.45) is 1.29. The molecule has 1 heterocycles. The van der Waals surface area contributed by atoms with Crippen molar-refractivity contribution in [3.8, 4) is 0 Å². The van der Waals surface area contributed by atoms with Crippen molar-refractivity contribution in [1.29, 1.82) is 0 Å². The van der Waals surface area contributed by atoms with Crippen LogP contribution in [-0.2, 0) is 0 Å². The number of nitrogens with two attached hydrogens (primary N) is 1. The van der Waals surface area contributed by atoms with Gasteiger partial charge < -0.3 is 5.73 Å². The van der Waals surface area contributed by atoms with Gasteiger partial charge in [0.2, 0.25) is 0 Å². The number of aromatic nitrogens is 1. The number of hydrogen-bond donors (Lipinski definition) is 3. The van der Waals surface area contributed by atoms with Crippen LogP contribution in [0.1, 0.15) is 20.7 Å². The van der Waals surface area contributed by atoms with E-state index in [1.54, 1.807) is 18.2 Å². The molecule has 9 nitrogen and oxygen atoms in total. The van der Waals surface area contributed by atoms with Crippen molar-refractivity contribution >= 4 is 45.7 Å². The van der Waals surface area contributed by atoms with Crippen molar-refractivity contribution in [3.63, 3.8) is 0 Å². The summed E-state index contributed by atoms with van der Waals surface area (Å²) in [6, 6.07) is 9.83. The zero-order valence-electron chi connectivity index (χ0n) is 13.6. The maximum absolute atomic E-state index is 12.3. The molecule has 2 aromatic carbocycles. The number of halogens is 1. The summed E-state index contributed by atoms with van der Waals surface area (Å²) >= 11 is 5.94. The summed E-state index contributed by atoms with van der Waals surface area (Å²) < 4.78 is 0. The number of amides is 2. The van der Waals surface area contributed by atoms with Crippen LogP contribution >= 0.6 is 11.6 Å².